The number of hydrogen-bond donors (Lipinski definition) is 1. The number of hydrogen-bond acceptors (Lipinski definition) is 5. The Morgan fingerprint density at radius 3 is 2.55 bits per heavy atom. The molecular formula is C21H25Cl2N3O3S2. The zero-order valence-corrected chi connectivity index (χ0v) is 20.2. The van der Waals surface area contributed by atoms with Crippen LogP contribution in [0.2, 0.25) is 10.0 Å². The number of benzene rings is 1. The summed E-state index contributed by atoms with van der Waals surface area (Å²) in [7, 11) is -3.88. The largest absolute Gasteiger partial charge is 0.343 e. The minimum Gasteiger partial charge on any atom is -0.343 e. The molecule has 31 heavy (non-hydrogen) atoms. The Hall–Kier alpha value is -1.16. The summed E-state index contributed by atoms with van der Waals surface area (Å²) in [6.45, 7) is 3.51. The molecule has 168 valence electrons. The van der Waals surface area contributed by atoms with Gasteiger partial charge in [-0.3, -0.25) is 9.69 Å². The Labute approximate surface area is 197 Å². The predicted molar refractivity (Wildman–Crippen MR) is 124 cm³/mol. The van der Waals surface area contributed by atoms with Crippen molar-refractivity contribution in [3.8, 4) is 0 Å². The van der Waals surface area contributed by atoms with Crippen molar-refractivity contribution >= 4 is 50.5 Å². The molecule has 2 aliphatic heterocycles. The molecule has 0 bridgehead atoms. The van der Waals surface area contributed by atoms with Crippen LogP contribution in [0.4, 0.5) is 0 Å². The third kappa shape index (κ3) is 5.26. The number of rotatable bonds is 6. The smallest absolute Gasteiger partial charge is 0.243 e. The van der Waals surface area contributed by atoms with Crippen LogP contribution in [0.3, 0.4) is 0 Å². The molecule has 1 aromatic heterocycles. The lowest BCUT2D eigenvalue weighted by atomic mass is 9.99. The lowest BCUT2D eigenvalue weighted by molar-refractivity contribution is -0.132. The Bertz CT molecular complexity index is 1030. The first-order chi connectivity index (χ1) is 14.8. The van der Waals surface area contributed by atoms with Crippen LogP contribution in [0.15, 0.2) is 34.5 Å². The summed E-state index contributed by atoms with van der Waals surface area (Å²) in [4.78, 5) is 18.3. The number of fused-ring (bicyclic) bond motifs is 1. The van der Waals surface area contributed by atoms with Gasteiger partial charge in [-0.2, -0.15) is 0 Å². The molecule has 0 saturated carbocycles. The van der Waals surface area contributed by atoms with Crippen LogP contribution in [0, 0.1) is 0 Å². The minimum atomic E-state index is -3.88. The van der Waals surface area contributed by atoms with Gasteiger partial charge in [-0.1, -0.05) is 29.3 Å². The van der Waals surface area contributed by atoms with E-state index in [1.165, 1.54) is 22.6 Å². The van der Waals surface area contributed by atoms with Crippen LogP contribution in [0.5, 0.6) is 0 Å². The molecule has 10 heteroatoms. The number of halogens is 2. The topological polar surface area (TPSA) is 69.7 Å². The maximum atomic E-state index is 12.6. The lowest BCUT2D eigenvalue weighted by Gasteiger charge is -2.40. The first kappa shape index (κ1) is 23.0. The van der Waals surface area contributed by atoms with Crippen LogP contribution < -0.4 is 4.72 Å². The van der Waals surface area contributed by atoms with Crippen molar-refractivity contribution in [1.29, 1.82) is 0 Å². The molecule has 0 atom stereocenters. The Morgan fingerprint density at radius 2 is 1.84 bits per heavy atom. The van der Waals surface area contributed by atoms with Gasteiger partial charge in [0.1, 0.15) is 4.90 Å². The minimum absolute atomic E-state index is 0.00963. The highest BCUT2D eigenvalue weighted by Crippen LogP contribution is 2.29. The van der Waals surface area contributed by atoms with Crippen LogP contribution in [0.25, 0.3) is 0 Å². The zero-order chi connectivity index (χ0) is 22.0. The molecular weight excluding hydrogens is 477 g/mol. The molecule has 4 rings (SSSR count). The van der Waals surface area contributed by atoms with E-state index < -0.39 is 10.0 Å². The Morgan fingerprint density at radius 1 is 1.13 bits per heavy atom. The summed E-state index contributed by atoms with van der Waals surface area (Å²) < 4.78 is 27.5. The average Bonchev–Trinajstić information content (AvgIpc) is 3.21. The summed E-state index contributed by atoms with van der Waals surface area (Å²) in [6.07, 6.45) is 3.12. The number of carbonyl (C=O) groups excluding carboxylic acids is 1. The standard InChI is InChI=1S/C21H25Cl2N3O3S2/c22-17-2-1-3-18(23)21(17)31(28,29)24-9-4-20(27)25-10-5-16(6-11-25)26-12-7-19-15(14-26)8-13-30-19/h1-3,8,13,16,24H,4-7,9-12,14H2. The molecule has 6 nitrogen and oxygen atoms in total. The summed E-state index contributed by atoms with van der Waals surface area (Å²) >= 11 is 13.8. The molecule has 1 saturated heterocycles. The van der Waals surface area contributed by atoms with Crippen molar-refractivity contribution < 1.29 is 13.2 Å². The number of thiophene rings is 1. The average molecular weight is 502 g/mol. The van der Waals surface area contributed by atoms with Gasteiger partial charge in [-0.15, -0.1) is 11.3 Å². The van der Waals surface area contributed by atoms with Crippen molar-refractivity contribution in [2.24, 2.45) is 0 Å². The number of nitrogens with zero attached hydrogens (tertiary/aromatic N) is 2. The summed E-state index contributed by atoms with van der Waals surface area (Å²) in [6, 6.07) is 7.25. The van der Waals surface area contributed by atoms with Gasteiger partial charge >= 0.3 is 0 Å². The summed E-state index contributed by atoms with van der Waals surface area (Å²) in [5.74, 6) is -0.0369. The third-order valence-corrected chi connectivity index (χ3v) is 9.43. The van der Waals surface area contributed by atoms with E-state index in [9.17, 15) is 13.2 Å². The maximum absolute atomic E-state index is 12.6. The molecule has 0 unspecified atom stereocenters. The van der Waals surface area contributed by atoms with Crippen LogP contribution in [-0.2, 0) is 27.8 Å². The Balaban J connectivity index is 1.24. The zero-order valence-electron chi connectivity index (χ0n) is 17.0. The van der Waals surface area contributed by atoms with Gasteiger partial charge in [0, 0.05) is 50.1 Å². The fourth-order valence-corrected chi connectivity index (χ4v) is 7.39. The van der Waals surface area contributed by atoms with Crippen molar-refractivity contribution in [3.63, 3.8) is 0 Å². The van der Waals surface area contributed by atoms with E-state index in [4.69, 9.17) is 23.2 Å². The van der Waals surface area contributed by atoms with Gasteiger partial charge in [0.2, 0.25) is 15.9 Å². The van der Waals surface area contributed by atoms with E-state index in [2.05, 4.69) is 21.1 Å². The molecule has 0 radical (unpaired) electrons. The van der Waals surface area contributed by atoms with E-state index in [0.717, 1.165) is 32.4 Å². The number of piperidine rings is 1. The van der Waals surface area contributed by atoms with Gasteiger partial charge in [-0.25, -0.2) is 13.1 Å². The van der Waals surface area contributed by atoms with Gasteiger partial charge in [-0.05, 0) is 48.4 Å². The fraction of sp³-hybridized carbons (Fsp3) is 0.476. The number of amides is 1. The highest BCUT2D eigenvalue weighted by Gasteiger charge is 2.29. The molecule has 1 aromatic carbocycles. The van der Waals surface area contributed by atoms with Crippen molar-refractivity contribution in [2.75, 3.05) is 26.2 Å². The van der Waals surface area contributed by atoms with Gasteiger partial charge in [0.15, 0.2) is 0 Å². The van der Waals surface area contributed by atoms with Crippen molar-refractivity contribution in [1.82, 2.24) is 14.5 Å². The third-order valence-electron chi connectivity index (χ3n) is 5.99. The second-order valence-corrected chi connectivity index (χ2v) is 11.4. The monoisotopic (exact) mass is 501 g/mol. The summed E-state index contributed by atoms with van der Waals surface area (Å²) in [5.41, 5.74) is 1.45. The Kier molecular flexibility index (Phi) is 7.25. The number of sulfonamides is 1. The van der Waals surface area contributed by atoms with Crippen LogP contribution in [-0.4, -0.2) is 56.3 Å². The normalized spacial score (nSPS) is 18.2. The first-order valence-electron chi connectivity index (χ1n) is 10.4. The van der Waals surface area contributed by atoms with E-state index >= 15 is 0 Å². The highest BCUT2D eigenvalue weighted by molar-refractivity contribution is 7.89. The second kappa shape index (κ2) is 9.77. The molecule has 1 fully saturated rings. The van der Waals surface area contributed by atoms with E-state index in [1.54, 1.807) is 6.07 Å². The van der Waals surface area contributed by atoms with Crippen LogP contribution >= 0.6 is 34.5 Å². The molecule has 1 amide bonds. The fourth-order valence-electron chi connectivity index (χ4n) is 4.32. The molecule has 2 aromatic rings. The van der Waals surface area contributed by atoms with Crippen molar-refractivity contribution in [3.05, 3.63) is 50.1 Å². The molecule has 0 aliphatic carbocycles. The van der Waals surface area contributed by atoms with Gasteiger partial charge in [0.05, 0.1) is 10.0 Å². The molecule has 1 N–H and O–H groups in total. The maximum Gasteiger partial charge on any atom is 0.243 e. The number of likely N-dealkylation sites (tertiary alicyclic amines) is 1. The quantitative estimate of drug-likeness (QED) is 0.653. The molecule has 2 aliphatic rings. The summed E-state index contributed by atoms with van der Waals surface area (Å²) in [5, 5.41) is 2.28. The molecule has 3 heterocycles. The molecule has 0 spiro atoms. The first-order valence-corrected chi connectivity index (χ1v) is 13.5. The van der Waals surface area contributed by atoms with E-state index in [-0.39, 0.29) is 33.8 Å². The number of carbonyl (C=O) groups is 1. The number of nitrogens with one attached hydrogen (secondary N) is 1. The van der Waals surface area contributed by atoms with Crippen molar-refractivity contribution in [2.45, 2.75) is 43.2 Å². The SMILES string of the molecule is O=C(CCNS(=O)(=O)c1c(Cl)cccc1Cl)N1CCC(N2CCc3sccc3C2)CC1. The predicted octanol–water partition coefficient (Wildman–Crippen LogP) is 3.77. The second-order valence-electron chi connectivity index (χ2n) is 7.90. The van der Waals surface area contributed by atoms with Gasteiger partial charge in [0.25, 0.3) is 0 Å². The van der Waals surface area contributed by atoms with E-state index in [0.29, 0.717) is 19.1 Å². The van der Waals surface area contributed by atoms with E-state index in [1.807, 2.05) is 16.2 Å². The highest BCUT2D eigenvalue weighted by atomic mass is 35.5. The van der Waals surface area contributed by atoms with Gasteiger partial charge < -0.3 is 4.90 Å². The van der Waals surface area contributed by atoms with Crippen LogP contribution in [0.1, 0.15) is 29.7 Å². The lowest BCUT2D eigenvalue weighted by Crippen LogP contribution is -2.48.